The van der Waals surface area contributed by atoms with Crippen molar-refractivity contribution in [1.29, 1.82) is 0 Å². The van der Waals surface area contributed by atoms with E-state index in [1.54, 1.807) is 6.07 Å². The predicted octanol–water partition coefficient (Wildman–Crippen LogP) is 4.34. The predicted molar refractivity (Wildman–Crippen MR) is 98.8 cm³/mol. The highest BCUT2D eigenvalue weighted by Crippen LogP contribution is 2.31. The monoisotopic (exact) mass is 446 g/mol. The molecule has 27 heavy (non-hydrogen) atoms. The summed E-state index contributed by atoms with van der Waals surface area (Å²) in [7, 11) is 0. The number of carbonyl (C=O) groups excluding carboxylic acids is 1. The number of aliphatic hydroxyl groups is 1. The molecule has 0 spiro atoms. The van der Waals surface area contributed by atoms with Gasteiger partial charge in [0.25, 0.3) is 0 Å². The lowest BCUT2D eigenvalue weighted by Crippen LogP contribution is -2.37. The van der Waals surface area contributed by atoms with Crippen LogP contribution in [0.25, 0.3) is 0 Å². The summed E-state index contributed by atoms with van der Waals surface area (Å²) < 4.78 is 43.9. The summed E-state index contributed by atoms with van der Waals surface area (Å²) >= 11 is 3.31. The van der Waals surface area contributed by atoms with E-state index in [0.717, 1.165) is 22.2 Å². The molecule has 146 valence electrons. The fourth-order valence-electron chi connectivity index (χ4n) is 2.12. The number of ether oxygens (including phenoxy) is 1. The first-order chi connectivity index (χ1) is 12.6. The van der Waals surface area contributed by atoms with Gasteiger partial charge in [-0.25, -0.2) is 4.79 Å². The van der Waals surface area contributed by atoms with Gasteiger partial charge in [0, 0.05) is 16.7 Å². The number of rotatable bonds is 6. The first-order valence-corrected chi connectivity index (χ1v) is 8.73. The lowest BCUT2D eigenvalue weighted by Gasteiger charge is -2.15. The molecule has 0 aliphatic carbocycles. The number of nitrogens with one attached hydrogen (secondary N) is 2. The maximum absolute atomic E-state index is 12.6. The summed E-state index contributed by atoms with van der Waals surface area (Å²) in [6, 6.07) is 9.25. The molecule has 0 saturated heterocycles. The van der Waals surface area contributed by atoms with Crippen molar-refractivity contribution in [2.45, 2.75) is 19.2 Å². The van der Waals surface area contributed by atoms with E-state index in [1.807, 2.05) is 19.1 Å². The standard InChI is InChI=1S/C18H18BrF3N2O3/c1-11-5-6-13(19)8-16(11)24-17(26)23-9-14(25)10-27-15-4-2-3-12(7-15)18(20,21)22/h2-8,14,25H,9-10H2,1H3,(H2,23,24,26). The van der Waals surface area contributed by atoms with Gasteiger partial charge in [0.1, 0.15) is 18.5 Å². The zero-order chi connectivity index (χ0) is 20.0. The number of aliphatic hydroxyl groups excluding tert-OH is 1. The average molecular weight is 447 g/mol. The first-order valence-electron chi connectivity index (χ1n) is 7.94. The van der Waals surface area contributed by atoms with Crippen molar-refractivity contribution < 1.29 is 27.8 Å². The minimum absolute atomic E-state index is 0.0157. The second-order valence-corrected chi connectivity index (χ2v) is 6.70. The van der Waals surface area contributed by atoms with Gasteiger partial charge in [-0.05, 0) is 42.8 Å². The van der Waals surface area contributed by atoms with E-state index in [4.69, 9.17) is 4.74 Å². The molecule has 0 aromatic heterocycles. The van der Waals surface area contributed by atoms with Crippen LogP contribution in [-0.2, 0) is 6.18 Å². The van der Waals surface area contributed by atoms with Crippen molar-refractivity contribution in [2.75, 3.05) is 18.5 Å². The number of aryl methyl sites for hydroxylation is 1. The molecule has 5 nitrogen and oxygen atoms in total. The van der Waals surface area contributed by atoms with Crippen molar-refractivity contribution in [3.05, 3.63) is 58.1 Å². The smallest absolute Gasteiger partial charge is 0.416 e. The number of hydrogen-bond acceptors (Lipinski definition) is 3. The van der Waals surface area contributed by atoms with Gasteiger partial charge in [-0.15, -0.1) is 0 Å². The molecule has 2 amide bonds. The Morgan fingerprint density at radius 2 is 2.00 bits per heavy atom. The van der Waals surface area contributed by atoms with Crippen molar-refractivity contribution in [1.82, 2.24) is 5.32 Å². The highest BCUT2D eigenvalue weighted by atomic mass is 79.9. The van der Waals surface area contributed by atoms with Crippen LogP contribution >= 0.6 is 15.9 Å². The molecule has 2 aromatic carbocycles. The molecular formula is C18H18BrF3N2O3. The van der Waals surface area contributed by atoms with E-state index < -0.39 is 23.9 Å². The summed E-state index contributed by atoms with van der Waals surface area (Å²) in [5.74, 6) is -0.0157. The third-order valence-electron chi connectivity index (χ3n) is 3.55. The van der Waals surface area contributed by atoms with E-state index in [-0.39, 0.29) is 18.9 Å². The van der Waals surface area contributed by atoms with E-state index in [2.05, 4.69) is 26.6 Å². The number of benzene rings is 2. The van der Waals surface area contributed by atoms with Crippen LogP contribution < -0.4 is 15.4 Å². The number of anilines is 1. The topological polar surface area (TPSA) is 70.6 Å². The van der Waals surface area contributed by atoms with E-state index in [9.17, 15) is 23.1 Å². The van der Waals surface area contributed by atoms with Gasteiger partial charge in [-0.1, -0.05) is 28.1 Å². The van der Waals surface area contributed by atoms with E-state index >= 15 is 0 Å². The Morgan fingerprint density at radius 1 is 1.26 bits per heavy atom. The molecule has 9 heteroatoms. The number of carbonyl (C=O) groups is 1. The number of amides is 2. The van der Waals surface area contributed by atoms with Gasteiger partial charge in [0.05, 0.1) is 5.56 Å². The molecule has 0 bridgehead atoms. The highest BCUT2D eigenvalue weighted by Gasteiger charge is 2.30. The Hall–Kier alpha value is -2.26. The molecule has 0 heterocycles. The zero-order valence-corrected chi connectivity index (χ0v) is 15.9. The van der Waals surface area contributed by atoms with Crippen LogP contribution in [0.2, 0.25) is 0 Å². The second kappa shape index (κ2) is 9.09. The van der Waals surface area contributed by atoms with Gasteiger partial charge in [-0.2, -0.15) is 13.2 Å². The SMILES string of the molecule is Cc1ccc(Br)cc1NC(=O)NCC(O)COc1cccc(C(F)(F)F)c1. The maximum atomic E-state index is 12.6. The van der Waals surface area contributed by atoms with Crippen LogP contribution in [0.1, 0.15) is 11.1 Å². The number of urea groups is 1. The van der Waals surface area contributed by atoms with Crippen LogP contribution in [0, 0.1) is 6.92 Å². The van der Waals surface area contributed by atoms with Crippen LogP contribution in [0.5, 0.6) is 5.75 Å². The van der Waals surface area contributed by atoms with Gasteiger partial charge in [0.15, 0.2) is 0 Å². The van der Waals surface area contributed by atoms with E-state index in [1.165, 1.54) is 12.1 Å². The lowest BCUT2D eigenvalue weighted by molar-refractivity contribution is -0.137. The molecule has 0 fully saturated rings. The third kappa shape index (κ3) is 6.76. The maximum Gasteiger partial charge on any atom is 0.416 e. The molecule has 0 aliphatic rings. The summed E-state index contributed by atoms with van der Waals surface area (Å²) in [6.07, 6.45) is -5.56. The normalized spacial score (nSPS) is 12.4. The van der Waals surface area contributed by atoms with Crippen molar-refractivity contribution in [2.24, 2.45) is 0 Å². The second-order valence-electron chi connectivity index (χ2n) is 5.78. The Balaban J connectivity index is 1.80. The lowest BCUT2D eigenvalue weighted by atomic mass is 10.2. The van der Waals surface area contributed by atoms with Gasteiger partial charge in [-0.3, -0.25) is 0 Å². The fraction of sp³-hybridized carbons (Fsp3) is 0.278. The van der Waals surface area contributed by atoms with Crippen LogP contribution in [0.3, 0.4) is 0 Å². The molecule has 2 rings (SSSR count). The quantitative estimate of drug-likeness (QED) is 0.617. The highest BCUT2D eigenvalue weighted by molar-refractivity contribution is 9.10. The molecule has 1 atom stereocenters. The van der Waals surface area contributed by atoms with Gasteiger partial charge in [0.2, 0.25) is 0 Å². The average Bonchev–Trinajstić information content (AvgIpc) is 2.61. The van der Waals surface area contributed by atoms with Gasteiger partial charge < -0.3 is 20.5 Å². The minimum atomic E-state index is -4.47. The Bertz CT molecular complexity index is 800. The Morgan fingerprint density at radius 3 is 2.70 bits per heavy atom. The van der Waals surface area contributed by atoms with Crippen LogP contribution in [0.15, 0.2) is 46.9 Å². The first kappa shape index (κ1) is 21.0. The van der Waals surface area contributed by atoms with Crippen molar-refractivity contribution >= 4 is 27.6 Å². The summed E-state index contributed by atoms with van der Waals surface area (Å²) in [5, 5.41) is 15.0. The molecule has 3 N–H and O–H groups in total. The van der Waals surface area contributed by atoms with Crippen molar-refractivity contribution in [3.8, 4) is 5.75 Å². The Kier molecular flexibility index (Phi) is 7.09. The summed E-state index contributed by atoms with van der Waals surface area (Å²) in [5.41, 5.74) is 0.634. The number of alkyl halides is 3. The minimum Gasteiger partial charge on any atom is -0.491 e. The fourth-order valence-corrected chi connectivity index (χ4v) is 2.48. The summed E-state index contributed by atoms with van der Waals surface area (Å²) in [6.45, 7) is 1.44. The molecule has 1 unspecified atom stereocenters. The van der Waals surface area contributed by atoms with Gasteiger partial charge >= 0.3 is 12.2 Å². The van der Waals surface area contributed by atoms with Crippen LogP contribution in [0.4, 0.5) is 23.7 Å². The summed E-state index contributed by atoms with van der Waals surface area (Å²) in [4.78, 5) is 11.9. The van der Waals surface area contributed by atoms with E-state index in [0.29, 0.717) is 5.69 Å². The molecule has 0 aliphatic heterocycles. The Labute approximate surface area is 162 Å². The molecule has 0 radical (unpaired) electrons. The largest absolute Gasteiger partial charge is 0.491 e. The number of hydrogen-bond donors (Lipinski definition) is 3. The van der Waals surface area contributed by atoms with Crippen molar-refractivity contribution in [3.63, 3.8) is 0 Å². The molecule has 0 saturated carbocycles. The molecular weight excluding hydrogens is 429 g/mol. The number of halogens is 4. The zero-order valence-electron chi connectivity index (χ0n) is 14.3. The third-order valence-corrected chi connectivity index (χ3v) is 4.04. The van der Waals surface area contributed by atoms with Crippen LogP contribution in [-0.4, -0.2) is 30.4 Å². The molecule has 2 aromatic rings.